The monoisotopic (exact) mass is 365 g/mol. The molecule has 0 aliphatic heterocycles. The van der Waals surface area contributed by atoms with Crippen molar-refractivity contribution in [2.45, 2.75) is 25.3 Å². The Kier molecular flexibility index (Phi) is 4.57. The standard InChI is InChI=1S/C15H19N5O2S2/c1-11-15(12(2)19(3)17-11)24(21,22)16-6-8-20-7-4-14(18-20)13-5-9-23-10-13/h4-5,7,9-10,16H,6,8H2,1-3H3. The molecule has 0 spiro atoms. The van der Waals surface area contributed by atoms with Crippen LogP contribution in [0, 0.1) is 13.8 Å². The lowest BCUT2D eigenvalue weighted by Crippen LogP contribution is -2.28. The molecule has 0 saturated carbocycles. The highest BCUT2D eigenvalue weighted by Gasteiger charge is 2.23. The lowest BCUT2D eigenvalue weighted by molar-refractivity contribution is 0.560. The van der Waals surface area contributed by atoms with Gasteiger partial charge in [-0.2, -0.15) is 21.5 Å². The Labute approximate surface area is 145 Å². The van der Waals surface area contributed by atoms with Gasteiger partial charge in [-0.15, -0.1) is 0 Å². The maximum absolute atomic E-state index is 12.5. The van der Waals surface area contributed by atoms with Crippen LogP contribution in [0.1, 0.15) is 11.4 Å². The molecule has 0 aliphatic rings. The second-order valence-electron chi connectivity index (χ2n) is 5.50. The van der Waals surface area contributed by atoms with Crippen molar-refractivity contribution in [1.82, 2.24) is 24.3 Å². The number of thiophene rings is 1. The number of nitrogens with zero attached hydrogens (tertiary/aromatic N) is 4. The van der Waals surface area contributed by atoms with Crippen molar-refractivity contribution in [2.75, 3.05) is 6.54 Å². The molecule has 0 fully saturated rings. The Morgan fingerprint density at radius 2 is 2.04 bits per heavy atom. The van der Waals surface area contributed by atoms with Crippen molar-refractivity contribution in [1.29, 1.82) is 0 Å². The maximum Gasteiger partial charge on any atom is 0.244 e. The van der Waals surface area contributed by atoms with E-state index in [1.165, 1.54) is 0 Å². The first-order chi connectivity index (χ1) is 11.4. The average Bonchev–Trinajstić information content (AvgIpc) is 3.21. The lowest BCUT2D eigenvalue weighted by Gasteiger charge is -2.07. The first kappa shape index (κ1) is 16.9. The lowest BCUT2D eigenvalue weighted by atomic mass is 10.2. The van der Waals surface area contributed by atoms with Gasteiger partial charge in [0.25, 0.3) is 0 Å². The molecule has 0 bridgehead atoms. The van der Waals surface area contributed by atoms with E-state index in [0.29, 0.717) is 17.9 Å². The summed E-state index contributed by atoms with van der Waals surface area (Å²) in [6.07, 6.45) is 1.85. The van der Waals surface area contributed by atoms with E-state index in [9.17, 15) is 8.42 Å². The summed E-state index contributed by atoms with van der Waals surface area (Å²) in [5.74, 6) is 0. The summed E-state index contributed by atoms with van der Waals surface area (Å²) in [4.78, 5) is 0.254. The first-order valence-electron chi connectivity index (χ1n) is 7.44. The molecule has 3 heterocycles. The number of hydrogen-bond acceptors (Lipinski definition) is 5. The normalized spacial score (nSPS) is 12.0. The highest BCUT2D eigenvalue weighted by Crippen LogP contribution is 2.20. The Morgan fingerprint density at radius 1 is 1.25 bits per heavy atom. The molecule has 3 rings (SSSR count). The van der Waals surface area contributed by atoms with E-state index in [1.807, 2.05) is 29.1 Å². The largest absolute Gasteiger partial charge is 0.271 e. The maximum atomic E-state index is 12.5. The molecular weight excluding hydrogens is 346 g/mol. The predicted octanol–water partition coefficient (Wildman–Crippen LogP) is 1.94. The van der Waals surface area contributed by atoms with Gasteiger partial charge in [-0.05, 0) is 31.4 Å². The van der Waals surface area contributed by atoms with Crippen LogP contribution in [0.4, 0.5) is 0 Å². The van der Waals surface area contributed by atoms with Gasteiger partial charge in [-0.25, -0.2) is 13.1 Å². The van der Waals surface area contributed by atoms with Crippen LogP contribution in [-0.4, -0.2) is 34.5 Å². The van der Waals surface area contributed by atoms with Crippen LogP contribution in [0.5, 0.6) is 0 Å². The number of aryl methyl sites for hydroxylation is 2. The fraction of sp³-hybridized carbons (Fsp3) is 0.333. The van der Waals surface area contributed by atoms with Crippen LogP contribution >= 0.6 is 11.3 Å². The molecule has 0 radical (unpaired) electrons. The van der Waals surface area contributed by atoms with Crippen LogP contribution in [0.25, 0.3) is 11.3 Å². The quantitative estimate of drug-likeness (QED) is 0.724. The van der Waals surface area contributed by atoms with Gasteiger partial charge in [-0.3, -0.25) is 9.36 Å². The van der Waals surface area contributed by atoms with E-state index in [1.54, 1.807) is 41.6 Å². The van der Waals surface area contributed by atoms with Crippen LogP contribution in [0.15, 0.2) is 34.0 Å². The molecule has 0 amide bonds. The Morgan fingerprint density at radius 3 is 2.67 bits per heavy atom. The van der Waals surface area contributed by atoms with Gasteiger partial charge in [0.15, 0.2) is 0 Å². The summed E-state index contributed by atoms with van der Waals surface area (Å²) in [6, 6.07) is 3.93. The minimum Gasteiger partial charge on any atom is -0.271 e. The number of rotatable bonds is 6. The molecule has 24 heavy (non-hydrogen) atoms. The van der Waals surface area contributed by atoms with Crippen molar-refractivity contribution in [3.8, 4) is 11.3 Å². The molecule has 9 heteroatoms. The third kappa shape index (κ3) is 3.28. The summed E-state index contributed by atoms with van der Waals surface area (Å²) in [5.41, 5.74) is 3.08. The molecule has 3 aromatic rings. The molecule has 0 aliphatic carbocycles. The van der Waals surface area contributed by atoms with E-state index in [-0.39, 0.29) is 11.4 Å². The molecular formula is C15H19N5O2S2. The van der Waals surface area contributed by atoms with Gasteiger partial charge in [0, 0.05) is 30.7 Å². The third-order valence-corrected chi connectivity index (χ3v) is 6.20. The van der Waals surface area contributed by atoms with Gasteiger partial charge >= 0.3 is 0 Å². The van der Waals surface area contributed by atoms with E-state index in [2.05, 4.69) is 14.9 Å². The van der Waals surface area contributed by atoms with Crippen LogP contribution < -0.4 is 4.72 Å². The Balaban J connectivity index is 1.66. The molecule has 0 atom stereocenters. The van der Waals surface area contributed by atoms with Crippen molar-refractivity contribution in [2.24, 2.45) is 7.05 Å². The van der Waals surface area contributed by atoms with Gasteiger partial charge in [0.1, 0.15) is 4.90 Å². The van der Waals surface area contributed by atoms with E-state index in [0.717, 1.165) is 11.3 Å². The summed E-state index contributed by atoms with van der Waals surface area (Å²) < 4.78 is 30.9. The van der Waals surface area contributed by atoms with Crippen LogP contribution in [0.3, 0.4) is 0 Å². The highest BCUT2D eigenvalue weighted by atomic mass is 32.2. The summed E-state index contributed by atoms with van der Waals surface area (Å²) >= 11 is 1.62. The predicted molar refractivity (Wildman–Crippen MR) is 93.4 cm³/mol. The zero-order valence-corrected chi connectivity index (χ0v) is 15.4. The smallest absolute Gasteiger partial charge is 0.244 e. The molecule has 1 N–H and O–H groups in total. The number of hydrogen-bond donors (Lipinski definition) is 1. The third-order valence-electron chi connectivity index (χ3n) is 3.80. The second kappa shape index (κ2) is 6.50. The molecule has 7 nitrogen and oxygen atoms in total. The zero-order chi connectivity index (χ0) is 17.3. The van der Waals surface area contributed by atoms with E-state index >= 15 is 0 Å². The minimum absolute atomic E-state index is 0.254. The number of nitrogens with one attached hydrogen (secondary N) is 1. The fourth-order valence-electron chi connectivity index (χ4n) is 2.56. The number of aromatic nitrogens is 4. The van der Waals surface area contributed by atoms with Gasteiger partial charge < -0.3 is 0 Å². The van der Waals surface area contributed by atoms with Crippen molar-refractivity contribution < 1.29 is 8.42 Å². The Bertz CT molecular complexity index is 939. The molecule has 0 saturated heterocycles. The van der Waals surface area contributed by atoms with E-state index in [4.69, 9.17) is 0 Å². The van der Waals surface area contributed by atoms with Crippen LogP contribution in [-0.2, 0) is 23.6 Å². The van der Waals surface area contributed by atoms with Crippen molar-refractivity contribution >= 4 is 21.4 Å². The zero-order valence-electron chi connectivity index (χ0n) is 13.7. The first-order valence-corrected chi connectivity index (χ1v) is 9.87. The summed E-state index contributed by atoms with van der Waals surface area (Å²) in [7, 11) is -1.85. The molecule has 0 aromatic carbocycles. The van der Waals surface area contributed by atoms with Gasteiger partial charge in [0.05, 0.1) is 23.6 Å². The molecule has 128 valence electrons. The average molecular weight is 365 g/mol. The molecule has 0 unspecified atom stereocenters. The van der Waals surface area contributed by atoms with Crippen LogP contribution in [0.2, 0.25) is 0 Å². The second-order valence-corrected chi connectivity index (χ2v) is 7.98. The molecule has 3 aromatic heterocycles. The fourth-order valence-corrected chi connectivity index (χ4v) is 4.66. The summed E-state index contributed by atoms with van der Waals surface area (Å²) in [5, 5.41) is 12.6. The van der Waals surface area contributed by atoms with E-state index < -0.39 is 10.0 Å². The minimum atomic E-state index is -3.58. The Hall–Kier alpha value is -1.97. The number of sulfonamides is 1. The van der Waals surface area contributed by atoms with Gasteiger partial charge in [0.2, 0.25) is 10.0 Å². The van der Waals surface area contributed by atoms with Crippen molar-refractivity contribution in [3.05, 3.63) is 40.5 Å². The SMILES string of the molecule is Cc1nn(C)c(C)c1S(=O)(=O)NCCn1ccc(-c2ccsc2)n1. The van der Waals surface area contributed by atoms with Gasteiger partial charge in [-0.1, -0.05) is 0 Å². The topological polar surface area (TPSA) is 81.8 Å². The van der Waals surface area contributed by atoms with Crippen molar-refractivity contribution in [3.63, 3.8) is 0 Å². The highest BCUT2D eigenvalue weighted by molar-refractivity contribution is 7.89. The summed E-state index contributed by atoms with van der Waals surface area (Å²) in [6.45, 7) is 4.17.